The van der Waals surface area contributed by atoms with Gasteiger partial charge in [-0.1, -0.05) is 6.07 Å². The lowest BCUT2D eigenvalue weighted by Gasteiger charge is -2.44. The fraction of sp³-hybridized carbons (Fsp3) is 0.286. The van der Waals surface area contributed by atoms with Gasteiger partial charge in [0.2, 0.25) is 0 Å². The Balaban J connectivity index is 1.58. The maximum Gasteiger partial charge on any atom is 0.141 e. The van der Waals surface area contributed by atoms with Crippen molar-refractivity contribution < 1.29 is 4.48 Å². The third-order valence-corrected chi connectivity index (χ3v) is 6.76. The van der Waals surface area contributed by atoms with Crippen molar-refractivity contribution in [1.82, 2.24) is 4.98 Å². The Morgan fingerprint density at radius 1 is 1.27 bits per heavy atom. The lowest BCUT2D eigenvalue weighted by molar-refractivity contribution is -0.868. The molecular weight excluding hydrogens is 340 g/mol. The molecule has 0 atom stereocenters. The van der Waals surface area contributed by atoms with Crippen molar-refractivity contribution in [2.24, 2.45) is 16.6 Å². The van der Waals surface area contributed by atoms with Gasteiger partial charge in [0.05, 0.1) is 36.9 Å². The minimum atomic E-state index is 0.580. The maximum atomic E-state index is 6.18. The summed E-state index contributed by atoms with van der Waals surface area (Å²) >= 11 is 1.62. The molecule has 5 heteroatoms. The second-order valence-corrected chi connectivity index (χ2v) is 8.64. The Hall–Kier alpha value is -2.37. The molecule has 0 amide bonds. The van der Waals surface area contributed by atoms with Crippen molar-refractivity contribution in [3.8, 4) is 0 Å². The average Bonchev–Trinajstić information content (AvgIpc) is 3.31. The summed E-state index contributed by atoms with van der Waals surface area (Å²) in [6.45, 7) is 2.53. The molecule has 3 aliphatic heterocycles. The SMILES string of the molecule is C[N+]12C=C(c3c[nH]c4ccc(N=C(N)c5cccs5)cc34)C(CC1)CC2. The van der Waals surface area contributed by atoms with Crippen LogP contribution in [0.5, 0.6) is 0 Å². The van der Waals surface area contributed by atoms with Crippen LogP contribution in [0, 0.1) is 5.92 Å². The van der Waals surface area contributed by atoms with Crippen molar-refractivity contribution in [3.05, 3.63) is 58.5 Å². The van der Waals surface area contributed by atoms with Gasteiger partial charge >= 0.3 is 0 Å². The number of amidine groups is 1. The molecular formula is C21H23N4S+. The Bertz CT molecular complexity index is 1020. The number of rotatable bonds is 3. The summed E-state index contributed by atoms with van der Waals surface area (Å²) in [5.74, 6) is 1.27. The maximum absolute atomic E-state index is 6.18. The van der Waals surface area contributed by atoms with E-state index in [9.17, 15) is 0 Å². The molecule has 1 fully saturated rings. The van der Waals surface area contributed by atoms with E-state index < -0.39 is 0 Å². The van der Waals surface area contributed by atoms with Crippen LogP contribution in [-0.4, -0.2) is 35.4 Å². The van der Waals surface area contributed by atoms with Crippen molar-refractivity contribution >= 4 is 39.3 Å². The highest BCUT2D eigenvalue weighted by Crippen LogP contribution is 2.43. The molecule has 2 bridgehead atoms. The molecule has 2 aromatic heterocycles. The van der Waals surface area contributed by atoms with Crippen LogP contribution in [0.4, 0.5) is 5.69 Å². The number of hydrogen-bond acceptors (Lipinski definition) is 2. The molecule has 1 saturated heterocycles. The zero-order chi connectivity index (χ0) is 17.7. The van der Waals surface area contributed by atoms with Crippen LogP contribution in [0.2, 0.25) is 0 Å². The first-order valence-corrected chi connectivity index (χ1v) is 10.1. The predicted octanol–water partition coefficient (Wildman–Crippen LogP) is 4.48. The van der Waals surface area contributed by atoms with Gasteiger partial charge in [-0.2, -0.15) is 0 Å². The molecule has 26 heavy (non-hydrogen) atoms. The standard InChI is InChI=1S/C21H23N4S/c1-25-8-6-14(7-9-25)18(13-25)17-12-23-19-5-4-15(11-16(17)19)24-21(22)20-3-2-10-26-20/h2-5,10-14,23H,6-9H2,1H3,(H2,22,24)/q+1. The number of nitrogens with zero attached hydrogens (tertiary/aromatic N) is 2. The normalized spacial score (nSPS) is 25.7. The van der Waals surface area contributed by atoms with E-state index in [1.807, 2.05) is 23.6 Å². The average molecular weight is 364 g/mol. The fourth-order valence-electron chi connectivity index (χ4n) is 4.36. The number of nitrogens with one attached hydrogen (secondary N) is 1. The Morgan fingerprint density at radius 3 is 2.85 bits per heavy atom. The number of quaternary nitrogens is 1. The Kier molecular flexibility index (Phi) is 3.55. The topological polar surface area (TPSA) is 54.2 Å². The van der Waals surface area contributed by atoms with Crippen LogP contribution in [0.25, 0.3) is 16.5 Å². The zero-order valence-corrected chi connectivity index (χ0v) is 15.7. The molecule has 3 aliphatic rings. The second kappa shape index (κ2) is 5.83. The molecule has 6 rings (SSSR count). The fourth-order valence-corrected chi connectivity index (χ4v) is 4.99. The number of benzene rings is 1. The smallest absolute Gasteiger partial charge is 0.141 e. The van der Waals surface area contributed by atoms with Gasteiger partial charge in [-0.3, -0.25) is 4.48 Å². The first-order valence-electron chi connectivity index (χ1n) is 9.18. The zero-order valence-electron chi connectivity index (χ0n) is 14.9. The molecule has 0 unspecified atom stereocenters. The molecule has 5 heterocycles. The van der Waals surface area contributed by atoms with Gasteiger partial charge in [0.15, 0.2) is 0 Å². The first kappa shape index (κ1) is 15.9. The largest absolute Gasteiger partial charge is 0.383 e. The van der Waals surface area contributed by atoms with E-state index >= 15 is 0 Å². The van der Waals surface area contributed by atoms with Crippen LogP contribution in [0.3, 0.4) is 0 Å². The Morgan fingerprint density at radius 2 is 2.12 bits per heavy atom. The number of H-pyrrole nitrogens is 1. The highest BCUT2D eigenvalue weighted by Gasteiger charge is 2.38. The molecule has 3 N–H and O–H groups in total. The highest BCUT2D eigenvalue weighted by molar-refractivity contribution is 7.12. The van der Waals surface area contributed by atoms with Crippen LogP contribution in [0.1, 0.15) is 23.3 Å². The number of hydrogen-bond donors (Lipinski definition) is 2. The van der Waals surface area contributed by atoms with Gasteiger partial charge in [-0.05, 0) is 29.6 Å². The number of allylic oxidation sites excluding steroid dienone is 1. The summed E-state index contributed by atoms with van der Waals surface area (Å²) in [6.07, 6.45) is 7.23. The number of piperidine rings is 1. The highest BCUT2D eigenvalue weighted by atomic mass is 32.1. The predicted molar refractivity (Wildman–Crippen MR) is 110 cm³/mol. The number of aliphatic imine (C=N–C) groups is 1. The van der Waals surface area contributed by atoms with Gasteiger partial charge < -0.3 is 10.7 Å². The van der Waals surface area contributed by atoms with Crippen LogP contribution in [0.15, 0.2) is 53.1 Å². The van der Waals surface area contributed by atoms with E-state index in [0.717, 1.165) is 20.6 Å². The molecule has 0 saturated carbocycles. The summed E-state index contributed by atoms with van der Waals surface area (Å²) in [4.78, 5) is 9.10. The summed E-state index contributed by atoms with van der Waals surface area (Å²) < 4.78 is 1.07. The molecule has 1 aromatic carbocycles. The summed E-state index contributed by atoms with van der Waals surface area (Å²) in [6, 6.07) is 10.3. The van der Waals surface area contributed by atoms with Gasteiger partial charge in [-0.25, -0.2) is 4.99 Å². The summed E-state index contributed by atoms with van der Waals surface area (Å²) in [5, 5.41) is 3.27. The van der Waals surface area contributed by atoms with Gasteiger partial charge in [-0.15, -0.1) is 11.3 Å². The van der Waals surface area contributed by atoms with Gasteiger partial charge in [0.25, 0.3) is 0 Å². The van der Waals surface area contributed by atoms with E-state index in [4.69, 9.17) is 5.73 Å². The second-order valence-electron chi connectivity index (χ2n) is 7.69. The van der Waals surface area contributed by atoms with E-state index in [1.54, 1.807) is 11.3 Å². The summed E-state index contributed by atoms with van der Waals surface area (Å²) in [5.41, 5.74) is 11.1. The number of aromatic amines is 1. The molecule has 132 valence electrons. The van der Waals surface area contributed by atoms with Crippen molar-refractivity contribution in [2.45, 2.75) is 12.8 Å². The summed E-state index contributed by atoms with van der Waals surface area (Å²) in [7, 11) is 2.35. The third-order valence-electron chi connectivity index (χ3n) is 5.87. The quantitative estimate of drug-likeness (QED) is 0.402. The van der Waals surface area contributed by atoms with E-state index in [-0.39, 0.29) is 0 Å². The van der Waals surface area contributed by atoms with Crippen LogP contribution < -0.4 is 5.73 Å². The molecule has 0 radical (unpaired) electrons. The number of nitrogens with two attached hydrogens (primary N) is 1. The van der Waals surface area contributed by atoms with Crippen molar-refractivity contribution in [2.75, 3.05) is 20.1 Å². The van der Waals surface area contributed by atoms with Crippen LogP contribution in [-0.2, 0) is 0 Å². The number of thiophene rings is 1. The van der Waals surface area contributed by atoms with Crippen LogP contribution >= 0.6 is 11.3 Å². The monoisotopic (exact) mass is 363 g/mol. The Labute approximate surface area is 157 Å². The van der Waals surface area contributed by atoms with E-state index in [1.165, 1.54) is 42.5 Å². The minimum Gasteiger partial charge on any atom is -0.383 e. The van der Waals surface area contributed by atoms with Crippen molar-refractivity contribution in [1.29, 1.82) is 0 Å². The molecule has 3 aromatic rings. The molecule has 0 aliphatic carbocycles. The molecule has 0 spiro atoms. The number of fused-ring (bicyclic) bond motifs is 3. The van der Waals surface area contributed by atoms with E-state index in [2.05, 4.69) is 41.6 Å². The lowest BCUT2D eigenvalue weighted by atomic mass is 9.81. The van der Waals surface area contributed by atoms with Gasteiger partial charge in [0.1, 0.15) is 5.84 Å². The minimum absolute atomic E-state index is 0.580. The number of aromatic nitrogens is 1. The van der Waals surface area contributed by atoms with E-state index in [0.29, 0.717) is 11.8 Å². The third kappa shape index (κ3) is 2.59. The lowest BCUT2D eigenvalue weighted by Crippen LogP contribution is -2.49. The van der Waals surface area contributed by atoms with Gasteiger partial charge in [0, 0.05) is 47.0 Å². The first-order chi connectivity index (χ1) is 12.6. The molecule has 4 nitrogen and oxygen atoms in total. The van der Waals surface area contributed by atoms with Crippen molar-refractivity contribution in [3.63, 3.8) is 0 Å².